The van der Waals surface area contributed by atoms with Crippen molar-refractivity contribution >= 4 is 28.7 Å². The summed E-state index contributed by atoms with van der Waals surface area (Å²) in [4.78, 5) is 16.8. The lowest BCUT2D eigenvalue weighted by Gasteiger charge is -2.38. The van der Waals surface area contributed by atoms with Crippen LogP contribution in [-0.4, -0.2) is 81.7 Å². The third-order valence-corrected chi connectivity index (χ3v) is 6.25. The second-order valence-electron chi connectivity index (χ2n) is 8.80. The van der Waals surface area contributed by atoms with E-state index >= 15 is 0 Å². The highest BCUT2D eigenvalue weighted by Gasteiger charge is 2.46. The first-order valence-electron chi connectivity index (χ1n) is 11.6. The van der Waals surface area contributed by atoms with Gasteiger partial charge in [-0.25, -0.2) is 27.6 Å². The molecule has 1 aliphatic heterocycles. The number of amides is 1. The molecule has 4 rings (SSSR count). The van der Waals surface area contributed by atoms with Crippen molar-refractivity contribution in [3.63, 3.8) is 0 Å². The average molecular weight is 539 g/mol. The zero-order chi connectivity index (χ0) is 27.6. The number of halogens is 4. The highest BCUT2D eigenvalue weighted by molar-refractivity contribution is 5.87. The maximum atomic E-state index is 14.8. The highest BCUT2D eigenvalue weighted by atomic mass is 19.3. The van der Waals surface area contributed by atoms with Crippen molar-refractivity contribution in [2.45, 2.75) is 37.8 Å². The third kappa shape index (κ3) is 5.32. The Bertz CT molecular complexity index is 1340. The smallest absolute Gasteiger partial charge is 0.285 e. The van der Waals surface area contributed by atoms with Gasteiger partial charge in [-0.2, -0.15) is 10.1 Å². The summed E-state index contributed by atoms with van der Waals surface area (Å²) >= 11 is 0. The summed E-state index contributed by atoms with van der Waals surface area (Å²) in [6.07, 6.45) is -1.17. The summed E-state index contributed by atoms with van der Waals surface area (Å²) in [7, 11) is 1.36. The summed E-state index contributed by atoms with van der Waals surface area (Å²) < 4.78 is 62.5. The van der Waals surface area contributed by atoms with Gasteiger partial charge in [0.25, 0.3) is 12.3 Å². The van der Waals surface area contributed by atoms with E-state index in [1.54, 1.807) is 24.4 Å². The van der Waals surface area contributed by atoms with Crippen LogP contribution in [0.15, 0.2) is 35.6 Å². The van der Waals surface area contributed by atoms with E-state index in [1.807, 2.05) is 0 Å². The molecule has 1 aromatic carbocycles. The fourth-order valence-electron chi connectivity index (χ4n) is 4.24. The summed E-state index contributed by atoms with van der Waals surface area (Å²) in [6, 6.07) is 3.84. The summed E-state index contributed by atoms with van der Waals surface area (Å²) in [5, 5.41) is 21.9. The number of nitrogens with zero attached hydrogens (tertiary/aromatic N) is 5. The number of aliphatic hydroxyl groups excluding tert-OH is 1. The standard InChI is InChI=1S/C23H26F4N8O3/c1-12(20(24)25)29-16-9-13(3-4-15(16)32-28)14-5-8-35-19(14)21(38-2)31-22(33-35)30-17-6-7-34(18(37)10-36)11-23(17,26)27/h3-5,8-9,12,17,20,28-29,36H,6-7,10-11H2,1-2H3,(H,30,33)/t12-,17-/m1/s1. The number of fused-ring (bicyclic) bond motifs is 1. The Balaban J connectivity index is 1.65. The first kappa shape index (κ1) is 27.0. The summed E-state index contributed by atoms with van der Waals surface area (Å²) in [5.41, 5.74) is 9.28. The number of benzene rings is 1. The molecular formula is C23H26F4N8O3. The first-order valence-corrected chi connectivity index (χ1v) is 11.6. The topological polar surface area (TPSA) is 140 Å². The molecule has 0 spiro atoms. The minimum absolute atomic E-state index is 0.0286. The Labute approximate surface area is 214 Å². The molecule has 1 aliphatic rings. The monoisotopic (exact) mass is 538 g/mol. The number of likely N-dealkylation sites (tertiary alicyclic amines) is 1. The number of hydrogen-bond acceptors (Lipinski definition) is 9. The molecule has 3 heterocycles. The SMILES string of the molecule is COc1nc(N[C@@H]2CCN(C(=O)CO)CC2(F)F)nn2ccc(-c3ccc(N=N)c(N[C@H](C)C(F)F)c3)c12. The molecule has 11 nitrogen and oxygen atoms in total. The largest absolute Gasteiger partial charge is 0.479 e. The lowest BCUT2D eigenvalue weighted by atomic mass is 10.0. The maximum absolute atomic E-state index is 14.8. The fourth-order valence-corrected chi connectivity index (χ4v) is 4.24. The molecule has 0 aliphatic carbocycles. The van der Waals surface area contributed by atoms with Crippen LogP contribution >= 0.6 is 0 Å². The van der Waals surface area contributed by atoms with Gasteiger partial charge < -0.3 is 25.4 Å². The van der Waals surface area contributed by atoms with Crippen molar-refractivity contribution < 1.29 is 32.2 Å². The molecule has 0 radical (unpaired) electrons. The lowest BCUT2D eigenvalue weighted by Crippen LogP contribution is -2.56. The maximum Gasteiger partial charge on any atom is 0.285 e. The molecule has 1 amide bonds. The average Bonchev–Trinajstić information content (AvgIpc) is 3.32. The minimum atomic E-state index is -3.31. The van der Waals surface area contributed by atoms with Crippen LogP contribution in [0.4, 0.5) is 34.9 Å². The predicted molar refractivity (Wildman–Crippen MR) is 130 cm³/mol. The van der Waals surface area contributed by atoms with E-state index in [1.165, 1.54) is 24.6 Å². The number of alkyl halides is 4. The molecule has 1 fully saturated rings. The molecule has 15 heteroatoms. The lowest BCUT2D eigenvalue weighted by molar-refractivity contribution is -0.145. The van der Waals surface area contributed by atoms with E-state index < -0.39 is 43.5 Å². The van der Waals surface area contributed by atoms with E-state index in [0.29, 0.717) is 16.6 Å². The van der Waals surface area contributed by atoms with Crippen molar-refractivity contribution in [3.05, 3.63) is 30.5 Å². The molecule has 0 unspecified atom stereocenters. The van der Waals surface area contributed by atoms with Crippen molar-refractivity contribution in [2.24, 2.45) is 5.11 Å². The number of carbonyl (C=O) groups excluding carboxylic acids is 1. The second-order valence-corrected chi connectivity index (χ2v) is 8.80. The van der Waals surface area contributed by atoms with Gasteiger partial charge in [-0.1, -0.05) is 6.07 Å². The first-order chi connectivity index (χ1) is 18.1. The van der Waals surface area contributed by atoms with Crippen molar-refractivity contribution in [1.29, 1.82) is 5.53 Å². The van der Waals surface area contributed by atoms with Crippen molar-refractivity contribution in [1.82, 2.24) is 19.5 Å². The highest BCUT2D eigenvalue weighted by Crippen LogP contribution is 2.37. The fraction of sp³-hybridized carbons (Fsp3) is 0.435. The van der Waals surface area contributed by atoms with Gasteiger partial charge in [0.15, 0.2) is 0 Å². The van der Waals surface area contributed by atoms with Crippen LogP contribution in [0.2, 0.25) is 0 Å². The van der Waals surface area contributed by atoms with Gasteiger partial charge in [-0.15, -0.1) is 5.10 Å². The summed E-state index contributed by atoms with van der Waals surface area (Å²) in [6.45, 7) is -0.355. The molecule has 3 aromatic rings. The third-order valence-electron chi connectivity index (χ3n) is 6.25. The number of carbonyl (C=O) groups is 1. The van der Waals surface area contributed by atoms with E-state index in [2.05, 4.69) is 25.8 Å². The van der Waals surface area contributed by atoms with E-state index in [4.69, 9.17) is 15.4 Å². The molecule has 204 valence electrons. The van der Waals surface area contributed by atoms with Crippen molar-refractivity contribution in [2.75, 3.05) is 37.4 Å². The van der Waals surface area contributed by atoms with Crippen LogP contribution in [0.25, 0.3) is 16.6 Å². The number of hydrogen-bond donors (Lipinski definition) is 4. The quantitative estimate of drug-likeness (QED) is 0.240. The van der Waals surface area contributed by atoms with E-state index in [9.17, 15) is 22.4 Å². The molecule has 1 saturated heterocycles. The van der Waals surface area contributed by atoms with Crippen LogP contribution < -0.4 is 15.4 Å². The number of aromatic nitrogens is 3. The van der Waals surface area contributed by atoms with Gasteiger partial charge >= 0.3 is 0 Å². The van der Waals surface area contributed by atoms with Crippen LogP contribution in [0, 0.1) is 5.53 Å². The zero-order valence-electron chi connectivity index (χ0n) is 20.5. The van der Waals surface area contributed by atoms with Gasteiger partial charge in [0.05, 0.1) is 31.4 Å². The Kier molecular flexibility index (Phi) is 7.66. The van der Waals surface area contributed by atoms with Gasteiger partial charge in [0, 0.05) is 18.3 Å². The molecule has 2 atom stereocenters. The Hall–Kier alpha value is -4.01. The van der Waals surface area contributed by atoms with Crippen molar-refractivity contribution in [3.8, 4) is 17.0 Å². The van der Waals surface area contributed by atoms with Gasteiger partial charge in [0.2, 0.25) is 17.7 Å². The van der Waals surface area contributed by atoms with Gasteiger partial charge in [0.1, 0.15) is 17.8 Å². The number of nitrogens with one attached hydrogen (secondary N) is 3. The van der Waals surface area contributed by atoms with E-state index in [-0.39, 0.29) is 36.2 Å². The Morgan fingerprint density at radius 3 is 2.76 bits per heavy atom. The number of ether oxygens (including phenoxy) is 1. The van der Waals surface area contributed by atoms with Crippen LogP contribution in [-0.2, 0) is 4.79 Å². The number of aliphatic hydroxyl groups is 1. The normalized spacial score (nSPS) is 17.9. The van der Waals surface area contributed by atoms with Crippen LogP contribution in [0.3, 0.4) is 0 Å². The number of rotatable bonds is 9. The molecule has 2 aromatic heterocycles. The minimum Gasteiger partial charge on any atom is -0.479 e. The molecule has 4 N–H and O–H groups in total. The summed E-state index contributed by atoms with van der Waals surface area (Å²) in [5.74, 6) is -4.13. The Morgan fingerprint density at radius 2 is 2.13 bits per heavy atom. The van der Waals surface area contributed by atoms with Crippen LogP contribution in [0.5, 0.6) is 5.88 Å². The predicted octanol–water partition coefficient (Wildman–Crippen LogP) is 3.77. The number of piperidine rings is 1. The van der Waals surface area contributed by atoms with Crippen LogP contribution in [0.1, 0.15) is 13.3 Å². The van der Waals surface area contributed by atoms with Gasteiger partial charge in [-0.3, -0.25) is 4.79 Å². The molecule has 38 heavy (non-hydrogen) atoms. The van der Waals surface area contributed by atoms with E-state index in [0.717, 1.165) is 4.90 Å². The number of methoxy groups -OCH3 is 1. The van der Waals surface area contributed by atoms with Gasteiger partial charge in [-0.05, 0) is 37.1 Å². The molecule has 0 bridgehead atoms. The molecule has 0 saturated carbocycles. The zero-order valence-corrected chi connectivity index (χ0v) is 20.5. The Morgan fingerprint density at radius 1 is 1.37 bits per heavy atom. The second kappa shape index (κ2) is 10.8. The molecular weight excluding hydrogens is 512 g/mol. The number of anilines is 2.